The summed E-state index contributed by atoms with van der Waals surface area (Å²) < 4.78 is 5.47. The van der Waals surface area contributed by atoms with Gasteiger partial charge in [-0.2, -0.15) is 15.0 Å². The normalized spacial score (nSPS) is 17.2. The fourth-order valence-electron chi connectivity index (χ4n) is 2.31. The molecule has 3 N–H and O–H groups in total. The van der Waals surface area contributed by atoms with Crippen LogP contribution in [0.5, 0.6) is 6.01 Å². The molecule has 0 bridgehead atoms. The van der Waals surface area contributed by atoms with E-state index in [4.69, 9.17) is 10.5 Å². The van der Waals surface area contributed by atoms with Gasteiger partial charge in [-0.3, -0.25) is 0 Å². The largest absolute Gasteiger partial charge is 0.461 e. The number of ether oxygens (including phenoxy) is 1. The maximum absolute atomic E-state index is 5.69. The summed E-state index contributed by atoms with van der Waals surface area (Å²) in [6, 6.07) is 0.717. The van der Waals surface area contributed by atoms with E-state index in [1.807, 2.05) is 13.8 Å². The number of anilines is 2. The van der Waals surface area contributed by atoms with Crippen LogP contribution in [0.15, 0.2) is 0 Å². The lowest BCUT2D eigenvalue weighted by atomic mass is 10.1. The first-order chi connectivity index (χ1) is 9.13. The molecule has 0 aliphatic heterocycles. The molecule has 1 aromatic rings. The topological polar surface area (TPSA) is 86.0 Å². The van der Waals surface area contributed by atoms with Gasteiger partial charge in [0.25, 0.3) is 0 Å². The fourth-order valence-corrected chi connectivity index (χ4v) is 2.31. The van der Waals surface area contributed by atoms with Gasteiger partial charge in [0, 0.05) is 6.04 Å². The number of rotatable bonds is 4. The van der Waals surface area contributed by atoms with Gasteiger partial charge >= 0.3 is 6.01 Å². The van der Waals surface area contributed by atoms with Crippen molar-refractivity contribution in [3.63, 3.8) is 0 Å². The summed E-state index contributed by atoms with van der Waals surface area (Å²) in [5, 5.41) is 3.35. The van der Waals surface area contributed by atoms with Crippen LogP contribution < -0.4 is 15.8 Å². The van der Waals surface area contributed by atoms with E-state index in [0.29, 0.717) is 18.0 Å². The Balaban J connectivity index is 2.04. The molecule has 0 unspecified atom stereocenters. The Kier molecular flexibility index (Phi) is 4.76. The highest BCUT2D eigenvalue weighted by Gasteiger charge is 2.14. The Morgan fingerprint density at radius 1 is 1.11 bits per heavy atom. The van der Waals surface area contributed by atoms with Crippen LogP contribution in [0.1, 0.15) is 52.4 Å². The molecule has 6 heteroatoms. The van der Waals surface area contributed by atoms with Crippen molar-refractivity contribution in [1.82, 2.24) is 15.0 Å². The summed E-state index contributed by atoms with van der Waals surface area (Å²) in [5.74, 6) is 0.719. The van der Waals surface area contributed by atoms with E-state index in [2.05, 4.69) is 20.3 Å². The molecule has 1 heterocycles. The van der Waals surface area contributed by atoms with Crippen LogP contribution in [0.25, 0.3) is 0 Å². The zero-order valence-electron chi connectivity index (χ0n) is 11.7. The van der Waals surface area contributed by atoms with Crippen molar-refractivity contribution in [2.24, 2.45) is 0 Å². The first kappa shape index (κ1) is 13.8. The van der Waals surface area contributed by atoms with Crippen molar-refractivity contribution in [1.29, 1.82) is 0 Å². The summed E-state index contributed by atoms with van der Waals surface area (Å²) >= 11 is 0. The Hall–Kier alpha value is -1.59. The van der Waals surface area contributed by atoms with Gasteiger partial charge in [0.2, 0.25) is 11.9 Å². The molecule has 0 atom stereocenters. The van der Waals surface area contributed by atoms with E-state index in [1.54, 1.807) is 0 Å². The molecular weight excluding hydrogens is 242 g/mol. The van der Waals surface area contributed by atoms with Gasteiger partial charge in [-0.25, -0.2) is 0 Å². The molecule has 0 radical (unpaired) electrons. The molecule has 6 nitrogen and oxygen atoms in total. The minimum absolute atomic E-state index is 0.0209. The Labute approximate surface area is 114 Å². The molecular formula is C13H23N5O. The third-order valence-corrected chi connectivity index (χ3v) is 3.16. The molecule has 1 aliphatic carbocycles. The minimum atomic E-state index is 0.0209. The summed E-state index contributed by atoms with van der Waals surface area (Å²) in [6.45, 7) is 3.86. The predicted molar refractivity (Wildman–Crippen MR) is 75.1 cm³/mol. The Morgan fingerprint density at radius 3 is 2.42 bits per heavy atom. The summed E-state index contributed by atoms with van der Waals surface area (Å²) in [5.41, 5.74) is 5.69. The van der Waals surface area contributed by atoms with Gasteiger partial charge in [-0.1, -0.05) is 25.7 Å². The zero-order chi connectivity index (χ0) is 13.7. The standard InChI is InChI=1S/C13H23N5O/c1-9(2)19-13-17-11(14)16-12(18-13)15-10-7-5-3-4-6-8-10/h9-10H,3-8H2,1-2H3,(H3,14,15,16,17,18). The van der Waals surface area contributed by atoms with E-state index in [1.165, 1.54) is 25.7 Å². The van der Waals surface area contributed by atoms with Crippen LogP contribution >= 0.6 is 0 Å². The van der Waals surface area contributed by atoms with Gasteiger partial charge in [-0.05, 0) is 26.7 Å². The van der Waals surface area contributed by atoms with Crippen LogP contribution in [0.2, 0.25) is 0 Å². The lowest BCUT2D eigenvalue weighted by molar-refractivity contribution is 0.222. The van der Waals surface area contributed by atoms with Gasteiger partial charge in [0.05, 0.1) is 6.10 Å². The molecule has 1 fully saturated rings. The van der Waals surface area contributed by atoms with E-state index in [9.17, 15) is 0 Å². The molecule has 0 saturated heterocycles. The van der Waals surface area contributed by atoms with Crippen molar-refractivity contribution >= 4 is 11.9 Å². The van der Waals surface area contributed by atoms with Crippen molar-refractivity contribution in [2.75, 3.05) is 11.1 Å². The maximum Gasteiger partial charge on any atom is 0.323 e. The fraction of sp³-hybridized carbons (Fsp3) is 0.769. The van der Waals surface area contributed by atoms with Crippen LogP contribution in [0, 0.1) is 0 Å². The second-order valence-corrected chi connectivity index (χ2v) is 5.30. The summed E-state index contributed by atoms with van der Waals surface area (Å²) in [7, 11) is 0. The average molecular weight is 265 g/mol. The first-order valence-electron chi connectivity index (χ1n) is 7.08. The highest BCUT2D eigenvalue weighted by Crippen LogP contribution is 2.20. The van der Waals surface area contributed by atoms with Crippen LogP contribution in [-0.4, -0.2) is 27.1 Å². The predicted octanol–water partition coefficient (Wildman–Crippen LogP) is 2.38. The summed E-state index contributed by atoms with van der Waals surface area (Å²) in [6.07, 6.45) is 7.49. The number of nitrogen functional groups attached to an aromatic ring is 1. The van der Waals surface area contributed by atoms with Crippen molar-refractivity contribution < 1.29 is 4.74 Å². The quantitative estimate of drug-likeness (QED) is 0.813. The molecule has 106 valence electrons. The van der Waals surface area contributed by atoms with E-state index < -0.39 is 0 Å². The number of nitrogens with two attached hydrogens (primary N) is 1. The highest BCUT2D eigenvalue weighted by atomic mass is 16.5. The maximum atomic E-state index is 5.69. The second-order valence-electron chi connectivity index (χ2n) is 5.30. The number of nitrogens with zero attached hydrogens (tertiary/aromatic N) is 3. The molecule has 19 heavy (non-hydrogen) atoms. The van der Waals surface area contributed by atoms with E-state index in [-0.39, 0.29) is 12.1 Å². The lowest BCUT2D eigenvalue weighted by Crippen LogP contribution is -2.21. The third-order valence-electron chi connectivity index (χ3n) is 3.16. The van der Waals surface area contributed by atoms with Crippen molar-refractivity contribution in [3.8, 4) is 6.01 Å². The molecule has 1 aliphatic rings. The van der Waals surface area contributed by atoms with Gasteiger partial charge in [0.15, 0.2) is 0 Å². The minimum Gasteiger partial charge on any atom is -0.461 e. The molecule has 0 amide bonds. The summed E-state index contributed by atoms with van der Waals surface area (Å²) in [4.78, 5) is 12.4. The van der Waals surface area contributed by atoms with E-state index in [0.717, 1.165) is 12.8 Å². The average Bonchev–Trinajstić information content (AvgIpc) is 2.55. The van der Waals surface area contributed by atoms with Crippen molar-refractivity contribution in [3.05, 3.63) is 0 Å². The zero-order valence-corrected chi connectivity index (χ0v) is 11.7. The molecule has 0 spiro atoms. The number of hydrogen-bond acceptors (Lipinski definition) is 6. The van der Waals surface area contributed by atoms with Gasteiger partial charge in [0.1, 0.15) is 0 Å². The SMILES string of the molecule is CC(C)Oc1nc(N)nc(NC2CCCCCC2)n1. The molecule has 2 rings (SSSR count). The first-order valence-corrected chi connectivity index (χ1v) is 7.08. The monoisotopic (exact) mass is 265 g/mol. The van der Waals surface area contributed by atoms with Gasteiger partial charge in [-0.15, -0.1) is 0 Å². The smallest absolute Gasteiger partial charge is 0.323 e. The number of hydrogen-bond donors (Lipinski definition) is 2. The highest BCUT2D eigenvalue weighted by molar-refractivity contribution is 5.33. The number of nitrogens with one attached hydrogen (secondary N) is 1. The Morgan fingerprint density at radius 2 is 1.79 bits per heavy atom. The third kappa shape index (κ3) is 4.54. The Bertz CT molecular complexity index is 402. The molecule has 0 aromatic carbocycles. The number of aromatic nitrogens is 3. The molecule has 1 saturated carbocycles. The lowest BCUT2D eigenvalue weighted by Gasteiger charge is -2.16. The molecule has 1 aromatic heterocycles. The van der Waals surface area contributed by atoms with E-state index >= 15 is 0 Å². The van der Waals surface area contributed by atoms with Crippen LogP contribution in [-0.2, 0) is 0 Å². The van der Waals surface area contributed by atoms with Crippen LogP contribution in [0.4, 0.5) is 11.9 Å². The van der Waals surface area contributed by atoms with Crippen LogP contribution in [0.3, 0.4) is 0 Å². The second kappa shape index (κ2) is 6.54. The van der Waals surface area contributed by atoms with Gasteiger partial charge < -0.3 is 15.8 Å². The van der Waals surface area contributed by atoms with Crippen molar-refractivity contribution in [2.45, 2.75) is 64.5 Å².